The minimum absolute atomic E-state index is 0.0868. The molecule has 2 rings (SSSR count). The molecule has 0 saturated carbocycles. The van der Waals surface area contributed by atoms with E-state index < -0.39 is 23.3 Å². The monoisotopic (exact) mass is 404 g/mol. The van der Waals surface area contributed by atoms with Crippen LogP contribution in [0.5, 0.6) is 0 Å². The normalized spacial score (nSPS) is 12.1. The van der Waals surface area contributed by atoms with E-state index in [1.807, 2.05) is 0 Å². The fourth-order valence-electron chi connectivity index (χ4n) is 1.92. The van der Waals surface area contributed by atoms with Gasteiger partial charge in [0.1, 0.15) is 5.67 Å². The van der Waals surface area contributed by atoms with Gasteiger partial charge in [-0.3, -0.25) is 9.78 Å². The summed E-state index contributed by atoms with van der Waals surface area (Å²) in [4.78, 5) is 16.1. The highest BCUT2D eigenvalue weighted by Gasteiger charge is 2.32. The Morgan fingerprint density at radius 3 is 2.33 bits per heavy atom. The highest BCUT2D eigenvalue weighted by Crippen LogP contribution is 2.36. The van der Waals surface area contributed by atoms with Gasteiger partial charge in [-0.05, 0) is 44.2 Å². The van der Waals surface area contributed by atoms with Crippen molar-refractivity contribution in [1.82, 2.24) is 4.98 Å². The maximum atomic E-state index is 13.9. The zero-order chi connectivity index (χ0) is 18.1. The maximum Gasteiger partial charge on any atom is 0.417 e. The van der Waals surface area contributed by atoms with Crippen LogP contribution in [0.4, 0.5) is 23.2 Å². The third kappa shape index (κ3) is 4.31. The lowest BCUT2D eigenvalue weighted by Gasteiger charge is -2.14. The van der Waals surface area contributed by atoms with E-state index in [0.29, 0.717) is 0 Å². The van der Waals surface area contributed by atoms with E-state index >= 15 is 0 Å². The second-order valence-corrected chi connectivity index (χ2v) is 6.40. The first-order valence-corrected chi connectivity index (χ1v) is 7.61. The molecule has 3 nitrogen and oxygen atoms in total. The number of rotatable bonds is 3. The Kier molecular flexibility index (Phi) is 4.98. The predicted octanol–water partition coefficient (Wildman–Crippen LogP) is 5.32. The summed E-state index contributed by atoms with van der Waals surface area (Å²) >= 11 is 2.84. The summed E-state index contributed by atoms with van der Waals surface area (Å²) in [7, 11) is 0. The number of anilines is 1. The molecule has 0 bridgehead atoms. The Morgan fingerprint density at radius 1 is 1.12 bits per heavy atom. The van der Waals surface area contributed by atoms with Gasteiger partial charge in [0, 0.05) is 21.9 Å². The van der Waals surface area contributed by atoms with Gasteiger partial charge in [-0.15, -0.1) is 0 Å². The molecular formula is C16H13BrF4N2O. The largest absolute Gasteiger partial charge is 0.417 e. The Hall–Kier alpha value is -1.96. The summed E-state index contributed by atoms with van der Waals surface area (Å²) < 4.78 is 51.8. The number of nitrogens with zero attached hydrogens (tertiary/aromatic N) is 1. The molecule has 0 radical (unpaired) electrons. The number of amides is 1. The lowest BCUT2D eigenvalue weighted by molar-refractivity contribution is -0.138. The molecule has 0 fully saturated rings. The molecule has 0 atom stereocenters. The van der Waals surface area contributed by atoms with Crippen LogP contribution in [0.1, 0.15) is 35.5 Å². The van der Waals surface area contributed by atoms with E-state index in [1.165, 1.54) is 32.2 Å². The van der Waals surface area contributed by atoms with Crippen LogP contribution in [0.2, 0.25) is 0 Å². The minimum atomic E-state index is -4.49. The van der Waals surface area contributed by atoms with Crippen molar-refractivity contribution in [3.63, 3.8) is 0 Å². The van der Waals surface area contributed by atoms with Gasteiger partial charge in [0.2, 0.25) is 0 Å². The van der Waals surface area contributed by atoms with Gasteiger partial charge in [0.15, 0.2) is 0 Å². The number of aromatic nitrogens is 1. The van der Waals surface area contributed by atoms with Crippen LogP contribution in [0, 0.1) is 0 Å². The summed E-state index contributed by atoms with van der Waals surface area (Å²) in [5.41, 5.74) is -2.14. The standard InChI is InChI=1S/C16H13BrF4N2O/c1-15(2,18)13-7-9(5-6-22-13)14(24)23-10-3-4-11(12(17)8-10)16(19,20)21/h3-8H,1-2H3,(H,23,24). The van der Waals surface area contributed by atoms with Crippen molar-refractivity contribution in [3.05, 3.63) is 57.8 Å². The van der Waals surface area contributed by atoms with Crippen LogP contribution in [0.15, 0.2) is 41.0 Å². The lowest BCUT2D eigenvalue weighted by atomic mass is 10.0. The second-order valence-electron chi connectivity index (χ2n) is 5.55. The molecule has 0 saturated heterocycles. The molecule has 1 N–H and O–H groups in total. The lowest BCUT2D eigenvalue weighted by Crippen LogP contribution is -2.16. The molecule has 8 heteroatoms. The van der Waals surface area contributed by atoms with Gasteiger partial charge in [0.25, 0.3) is 5.91 Å². The topological polar surface area (TPSA) is 42.0 Å². The summed E-state index contributed by atoms with van der Waals surface area (Å²) in [6.45, 7) is 2.62. The molecule has 0 aliphatic rings. The first-order valence-electron chi connectivity index (χ1n) is 6.82. The van der Waals surface area contributed by atoms with Gasteiger partial charge in [0.05, 0.1) is 11.3 Å². The molecule has 128 valence electrons. The smallest absolute Gasteiger partial charge is 0.322 e. The number of hydrogen-bond donors (Lipinski definition) is 1. The zero-order valence-electron chi connectivity index (χ0n) is 12.7. The van der Waals surface area contributed by atoms with Crippen LogP contribution in [-0.4, -0.2) is 10.9 Å². The van der Waals surface area contributed by atoms with E-state index in [2.05, 4.69) is 26.2 Å². The molecule has 0 aliphatic carbocycles. The number of nitrogens with one attached hydrogen (secondary N) is 1. The molecule has 1 heterocycles. The van der Waals surface area contributed by atoms with Crippen LogP contribution < -0.4 is 5.32 Å². The van der Waals surface area contributed by atoms with E-state index in [-0.39, 0.29) is 21.4 Å². The van der Waals surface area contributed by atoms with Gasteiger partial charge in [-0.1, -0.05) is 15.9 Å². The first kappa shape index (κ1) is 18.4. The number of alkyl halides is 4. The number of pyridine rings is 1. The summed E-state index contributed by atoms with van der Waals surface area (Å²) in [5, 5.41) is 2.47. The number of hydrogen-bond acceptors (Lipinski definition) is 2. The molecule has 0 unspecified atom stereocenters. The van der Waals surface area contributed by atoms with Gasteiger partial charge in [-0.2, -0.15) is 13.2 Å². The Balaban J connectivity index is 2.23. The summed E-state index contributed by atoms with van der Waals surface area (Å²) in [6, 6.07) is 5.86. The fraction of sp³-hybridized carbons (Fsp3) is 0.250. The second kappa shape index (κ2) is 6.51. The third-order valence-electron chi connectivity index (χ3n) is 3.16. The number of carbonyl (C=O) groups excluding carboxylic acids is 1. The fourth-order valence-corrected chi connectivity index (χ4v) is 2.53. The van der Waals surface area contributed by atoms with Gasteiger partial charge < -0.3 is 5.32 Å². The molecule has 24 heavy (non-hydrogen) atoms. The van der Waals surface area contributed by atoms with Crippen molar-refractivity contribution in [2.45, 2.75) is 25.7 Å². The maximum absolute atomic E-state index is 13.9. The van der Waals surface area contributed by atoms with E-state index in [1.54, 1.807) is 0 Å². The molecule has 1 aromatic heterocycles. The number of halogens is 5. The first-order chi connectivity index (χ1) is 11.0. The Bertz CT molecular complexity index is 769. The highest BCUT2D eigenvalue weighted by molar-refractivity contribution is 9.10. The highest BCUT2D eigenvalue weighted by atomic mass is 79.9. The Morgan fingerprint density at radius 2 is 1.79 bits per heavy atom. The van der Waals surface area contributed by atoms with Crippen LogP contribution in [0.3, 0.4) is 0 Å². The molecule has 0 spiro atoms. The van der Waals surface area contributed by atoms with E-state index in [9.17, 15) is 22.4 Å². The van der Waals surface area contributed by atoms with Crippen LogP contribution in [-0.2, 0) is 11.8 Å². The molecule has 0 aliphatic heterocycles. The summed E-state index contributed by atoms with van der Waals surface area (Å²) in [6.07, 6.45) is -3.19. The summed E-state index contributed by atoms with van der Waals surface area (Å²) in [5.74, 6) is -0.574. The van der Waals surface area contributed by atoms with E-state index in [0.717, 1.165) is 18.2 Å². The van der Waals surface area contributed by atoms with Crippen molar-refractivity contribution in [2.75, 3.05) is 5.32 Å². The van der Waals surface area contributed by atoms with Crippen molar-refractivity contribution in [2.24, 2.45) is 0 Å². The number of carbonyl (C=O) groups is 1. The van der Waals surface area contributed by atoms with Gasteiger partial charge >= 0.3 is 6.18 Å². The predicted molar refractivity (Wildman–Crippen MR) is 85.5 cm³/mol. The van der Waals surface area contributed by atoms with E-state index in [4.69, 9.17) is 0 Å². The van der Waals surface area contributed by atoms with Crippen LogP contribution >= 0.6 is 15.9 Å². The van der Waals surface area contributed by atoms with Crippen molar-refractivity contribution >= 4 is 27.5 Å². The Labute approximate surface area is 144 Å². The van der Waals surface area contributed by atoms with Crippen molar-refractivity contribution < 1.29 is 22.4 Å². The molecule has 1 amide bonds. The number of benzene rings is 1. The quantitative estimate of drug-likeness (QED) is 0.703. The zero-order valence-corrected chi connectivity index (χ0v) is 14.3. The average molecular weight is 405 g/mol. The molecule has 2 aromatic rings. The third-order valence-corrected chi connectivity index (χ3v) is 3.82. The molecular weight excluding hydrogens is 392 g/mol. The average Bonchev–Trinajstić information content (AvgIpc) is 2.45. The van der Waals surface area contributed by atoms with Crippen molar-refractivity contribution in [1.29, 1.82) is 0 Å². The minimum Gasteiger partial charge on any atom is -0.322 e. The molecule has 1 aromatic carbocycles. The SMILES string of the molecule is CC(C)(F)c1cc(C(=O)Nc2ccc(C(F)(F)F)c(Br)c2)ccn1. The van der Waals surface area contributed by atoms with Crippen molar-refractivity contribution in [3.8, 4) is 0 Å². The van der Waals surface area contributed by atoms with Crippen LogP contribution in [0.25, 0.3) is 0 Å². The van der Waals surface area contributed by atoms with Gasteiger partial charge in [-0.25, -0.2) is 4.39 Å².